The Kier molecular flexibility index (Phi) is 4.84. The van der Waals surface area contributed by atoms with Gasteiger partial charge in [0.1, 0.15) is 0 Å². The molecule has 0 nitrogen and oxygen atoms in total. The molecule has 9 heavy (non-hydrogen) atoms. The van der Waals surface area contributed by atoms with E-state index in [0.717, 1.165) is 11.8 Å². The molecule has 0 fully saturated rings. The molecule has 0 saturated heterocycles. The van der Waals surface area contributed by atoms with Gasteiger partial charge >= 0.3 is 0 Å². The van der Waals surface area contributed by atoms with Crippen LogP contribution in [0.25, 0.3) is 0 Å². The van der Waals surface area contributed by atoms with E-state index in [0.29, 0.717) is 0 Å². The molecule has 0 aromatic heterocycles. The molecule has 0 amide bonds. The molecule has 0 aliphatic heterocycles. The second-order valence-electron chi connectivity index (χ2n) is 3.72. The van der Waals surface area contributed by atoms with Gasteiger partial charge in [0.2, 0.25) is 0 Å². The Morgan fingerprint density at radius 2 is 1.11 bits per heavy atom. The second-order valence-corrected chi connectivity index (χ2v) is 3.72. The highest BCUT2D eigenvalue weighted by molar-refractivity contribution is 4.49. The second kappa shape index (κ2) is 4.84. The minimum Gasteiger partial charge on any atom is -0.0628 e. The van der Waals surface area contributed by atoms with Crippen molar-refractivity contribution < 1.29 is 0 Å². The Bertz CT molecular complexity index is 45.1. The number of hydrogen-bond donors (Lipinski definition) is 0. The highest BCUT2D eigenvalue weighted by atomic mass is 14.0. The molecule has 0 rings (SSSR count). The molecule has 0 heterocycles. The summed E-state index contributed by atoms with van der Waals surface area (Å²) in [5.74, 6) is 1.78. The van der Waals surface area contributed by atoms with Gasteiger partial charge in [0.05, 0.1) is 0 Å². The van der Waals surface area contributed by atoms with Crippen molar-refractivity contribution in [3.05, 3.63) is 0 Å². The highest BCUT2D eigenvalue weighted by Crippen LogP contribution is 2.10. The first-order valence-electron chi connectivity index (χ1n) is 4.13. The lowest BCUT2D eigenvalue weighted by Crippen LogP contribution is -1.90. The molecule has 0 spiro atoms. The fraction of sp³-hybridized carbons (Fsp3) is 1.00. The van der Waals surface area contributed by atoms with Crippen LogP contribution in [0.4, 0.5) is 0 Å². The minimum absolute atomic E-state index is 0.892. The van der Waals surface area contributed by atoms with Crippen molar-refractivity contribution in [2.75, 3.05) is 0 Å². The van der Waals surface area contributed by atoms with E-state index in [1.54, 1.807) is 0 Å². The molecule has 0 bridgehead atoms. The molecule has 0 aromatic carbocycles. The smallest absolute Gasteiger partial charge is 0.0471 e. The van der Waals surface area contributed by atoms with Crippen molar-refractivity contribution in [1.82, 2.24) is 0 Å². The summed E-state index contributed by atoms with van der Waals surface area (Å²) in [7, 11) is 0. The number of rotatable bonds is 4. The molecule has 0 aliphatic rings. The van der Waals surface area contributed by atoms with Gasteiger partial charge in [0, 0.05) is 0 Å². The molecule has 0 aromatic rings. The van der Waals surface area contributed by atoms with Crippen LogP contribution in [0, 0.1) is 11.8 Å². The zero-order chi connectivity index (χ0) is 7.28. The van der Waals surface area contributed by atoms with E-state index in [-0.39, 0.29) is 0 Å². The zero-order valence-corrected chi connectivity index (χ0v) is 7.28. The third-order valence-electron chi connectivity index (χ3n) is 1.56. The molecule has 0 saturated carbocycles. The van der Waals surface area contributed by atoms with Crippen LogP contribution >= 0.6 is 0 Å². The van der Waals surface area contributed by atoms with Gasteiger partial charge in [-0.15, -0.1) is 0 Å². The van der Waals surface area contributed by atoms with E-state index in [2.05, 4.69) is 27.7 Å². The third-order valence-corrected chi connectivity index (χ3v) is 1.56. The van der Waals surface area contributed by atoms with Crippen molar-refractivity contribution in [2.24, 2.45) is 11.8 Å². The Morgan fingerprint density at radius 1 is 0.778 bits per heavy atom. The van der Waals surface area contributed by atoms with Crippen LogP contribution < -0.4 is 0 Å². The molecule has 0 atom stereocenters. The van der Waals surface area contributed by atoms with Gasteiger partial charge in [-0.3, -0.25) is 0 Å². The van der Waals surface area contributed by atoms with Gasteiger partial charge in [0.15, 0.2) is 0 Å². The van der Waals surface area contributed by atoms with E-state index in [9.17, 15) is 0 Å². The van der Waals surface area contributed by atoms with Gasteiger partial charge in [-0.1, -0.05) is 47.0 Å². The normalized spacial score (nSPS) is 11.3. The Morgan fingerprint density at radius 3 is 1.33 bits per heavy atom. The van der Waals surface area contributed by atoms with E-state index < -0.39 is 0 Å². The van der Waals surface area contributed by atoms with Crippen LogP contribution in [-0.2, 0) is 0 Å². The maximum atomic E-state index is 2.29. The molecule has 56 valence electrons. The quantitative estimate of drug-likeness (QED) is 0.544. The summed E-state index contributed by atoms with van der Waals surface area (Å²) in [5, 5.41) is 0. The predicted molar refractivity (Wildman–Crippen MR) is 43.5 cm³/mol. The summed E-state index contributed by atoms with van der Waals surface area (Å²) in [6, 6.07) is 0. The molecule has 0 N–H and O–H groups in total. The van der Waals surface area contributed by atoms with Gasteiger partial charge in [-0.2, -0.15) is 0 Å². The summed E-state index contributed by atoms with van der Waals surface area (Å²) in [6.45, 7) is 9.17. The van der Waals surface area contributed by atoms with Crippen LogP contribution in [0.1, 0.15) is 47.0 Å². The average Bonchev–Trinajstić information content (AvgIpc) is 1.63. The Labute approximate surface area is 59.7 Å². The lowest BCUT2D eigenvalue weighted by molar-refractivity contribution is 0.480. The summed E-state index contributed by atoms with van der Waals surface area (Å²) in [5.41, 5.74) is 0. The van der Waals surface area contributed by atoms with E-state index in [1.165, 1.54) is 19.3 Å². The van der Waals surface area contributed by atoms with Crippen molar-refractivity contribution in [3.8, 4) is 0 Å². The van der Waals surface area contributed by atoms with Crippen LogP contribution in [0.5, 0.6) is 0 Å². The first-order valence-corrected chi connectivity index (χ1v) is 4.13. The summed E-state index contributed by atoms with van der Waals surface area (Å²) < 4.78 is 0. The molecule has 0 radical (unpaired) electrons. The fourth-order valence-electron chi connectivity index (χ4n) is 0.934. The molecule has 0 heteroatoms. The summed E-state index contributed by atoms with van der Waals surface area (Å²) in [4.78, 5) is 0. The van der Waals surface area contributed by atoms with E-state index in [4.69, 9.17) is 0 Å². The predicted octanol–water partition coefficient (Wildman–Crippen LogP) is 3.47. The fourth-order valence-corrected chi connectivity index (χ4v) is 0.934. The topological polar surface area (TPSA) is 0 Å². The SMILES string of the molecule is CC(C)CCCC(C)C. The highest BCUT2D eigenvalue weighted by Gasteiger charge is 1.95. The summed E-state index contributed by atoms with van der Waals surface area (Å²) >= 11 is 0. The van der Waals surface area contributed by atoms with Crippen LogP contribution in [0.15, 0.2) is 0 Å². The number of hydrogen-bond acceptors (Lipinski definition) is 0. The Balaban J connectivity index is 2.91. The average molecular weight is 128 g/mol. The summed E-state index contributed by atoms with van der Waals surface area (Å²) in [6.07, 6.45) is 4.21. The molecular formula is C9H20. The van der Waals surface area contributed by atoms with Crippen molar-refractivity contribution in [3.63, 3.8) is 0 Å². The van der Waals surface area contributed by atoms with Gasteiger partial charge < -0.3 is 0 Å². The minimum atomic E-state index is 0.892. The van der Waals surface area contributed by atoms with Gasteiger partial charge in [0.25, 0.3) is 0 Å². The zero-order valence-electron chi connectivity index (χ0n) is 7.28. The standard InChI is InChI=1S/C9H20/c1-8(2)6-5-7-9(3)4/h8-9H,5-7H2,1-4H3. The first-order chi connectivity index (χ1) is 4.13. The van der Waals surface area contributed by atoms with Crippen LogP contribution in [-0.4, -0.2) is 0 Å². The molecule has 0 unspecified atom stereocenters. The Hall–Kier alpha value is 0. The maximum Gasteiger partial charge on any atom is -0.0471 e. The lowest BCUT2D eigenvalue weighted by Gasteiger charge is -2.05. The van der Waals surface area contributed by atoms with Gasteiger partial charge in [-0.25, -0.2) is 0 Å². The van der Waals surface area contributed by atoms with Crippen LogP contribution in [0.3, 0.4) is 0 Å². The van der Waals surface area contributed by atoms with E-state index in [1.807, 2.05) is 0 Å². The van der Waals surface area contributed by atoms with Crippen molar-refractivity contribution in [2.45, 2.75) is 47.0 Å². The maximum absolute atomic E-state index is 2.29. The van der Waals surface area contributed by atoms with Gasteiger partial charge in [-0.05, 0) is 11.8 Å². The third kappa shape index (κ3) is 8.00. The van der Waals surface area contributed by atoms with Crippen molar-refractivity contribution in [1.29, 1.82) is 0 Å². The van der Waals surface area contributed by atoms with E-state index >= 15 is 0 Å². The van der Waals surface area contributed by atoms with Crippen LogP contribution in [0.2, 0.25) is 0 Å². The molecule has 0 aliphatic carbocycles. The lowest BCUT2D eigenvalue weighted by atomic mass is 10.0. The monoisotopic (exact) mass is 128 g/mol. The van der Waals surface area contributed by atoms with Crippen molar-refractivity contribution >= 4 is 0 Å². The largest absolute Gasteiger partial charge is 0.0628 e. The molecular weight excluding hydrogens is 108 g/mol. The first kappa shape index (κ1) is 9.00.